The number of hydrogen-bond donors (Lipinski definition) is 3. The Kier molecular flexibility index (Phi) is 9.22. The normalized spacial score (nSPS) is 14.4. The fourth-order valence-electron chi connectivity index (χ4n) is 3.94. The predicted octanol–water partition coefficient (Wildman–Crippen LogP) is 3.56. The Hall–Kier alpha value is -4.22. The van der Waals surface area contributed by atoms with E-state index in [1.54, 1.807) is 66.2 Å². The maximum absolute atomic E-state index is 12.7. The van der Waals surface area contributed by atoms with Crippen LogP contribution in [-0.4, -0.2) is 48.2 Å². The molecule has 1 fully saturated rings. The highest BCUT2D eigenvalue weighted by Gasteiger charge is 2.22. The molecule has 1 heterocycles. The van der Waals surface area contributed by atoms with Gasteiger partial charge in [0.25, 0.3) is 11.8 Å². The van der Waals surface area contributed by atoms with Gasteiger partial charge in [-0.3, -0.25) is 19.7 Å². The maximum Gasteiger partial charge on any atom is 0.270 e. The lowest BCUT2D eigenvalue weighted by Crippen LogP contribution is -2.39. The minimum absolute atomic E-state index is 0.395. The Bertz CT molecular complexity index is 1270. The molecule has 188 valence electrons. The molecule has 1 saturated heterocycles. The number of benzene rings is 3. The van der Waals surface area contributed by atoms with Gasteiger partial charge < -0.3 is 10.1 Å². The van der Waals surface area contributed by atoms with Crippen molar-refractivity contribution in [1.29, 1.82) is 0 Å². The van der Waals surface area contributed by atoms with Crippen molar-refractivity contribution in [2.24, 2.45) is 0 Å². The lowest BCUT2D eigenvalue weighted by Gasteiger charge is -2.26. The van der Waals surface area contributed by atoms with Crippen LogP contribution in [0.2, 0.25) is 0 Å². The quantitative estimate of drug-likeness (QED) is 0.265. The second-order valence-corrected chi connectivity index (χ2v) is 8.60. The first-order chi connectivity index (χ1) is 18.1. The summed E-state index contributed by atoms with van der Waals surface area (Å²) in [4.78, 5) is 27.2. The first-order valence-corrected chi connectivity index (χ1v) is 12.1. The van der Waals surface area contributed by atoms with Gasteiger partial charge in [-0.15, -0.1) is 0 Å². The van der Waals surface area contributed by atoms with E-state index in [0.29, 0.717) is 11.1 Å². The zero-order valence-electron chi connectivity index (χ0n) is 20.4. The number of ether oxygens (including phenoxy) is 1. The summed E-state index contributed by atoms with van der Waals surface area (Å²) in [5.41, 5.74) is 5.66. The molecule has 37 heavy (non-hydrogen) atoms. The molecule has 0 bridgehead atoms. The molecule has 4 rings (SSSR count). The molecule has 2 amide bonds. The molecule has 0 radical (unpaired) electrons. The van der Waals surface area contributed by atoms with Crippen LogP contribution in [0.15, 0.2) is 84.9 Å². The van der Waals surface area contributed by atoms with Crippen LogP contribution in [0.5, 0.6) is 0 Å². The van der Waals surface area contributed by atoms with Crippen molar-refractivity contribution in [2.45, 2.75) is 12.6 Å². The summed E-state index contributed by atoms with van der Waals surface area (Å²) < 4.78 is 5.40. The van der Waals surface area contributed by atoms with Gasteiger partial charge in [-0.25, -0.2) is 5.48 Å². The predicted molar refractivity (Wildman–Crippen MR) is 141 cm³/mol. The third-order valence-electron chi connectivity index (χ3n) is 5.99. The van der Waals surface area contributed by atoms with Crippen LogP contribution in [0, 0.1) is 11.8 Å². The van der Waals surface area contributed by atoms with E-state index in [1.807, 2.05) is 18.2 Å². The van der Waals surface area contributed by atoms with E-state index in [-0.39, 0.29) is 0 Å². The highest BCUT2D eigenvalue weighted by Crippen LogP contribution is 2.15. The Morgan fingerprint density at radius 2 is 1.68 bits per heavy atom. The summed E-state index contributed by atoms with van der Waals surface area (Å²) >= 11 is 0. The topological polar surface area (TPSA) is 90.9 Å². The third-order valence-corrected chi connectivity index (χ3v) is 5.99. The smallest absolute Gasteiger partial charge is 0.270 e. The zero-order valence-corrected chi connectivity index (χ0v) is 20.4. The fourth-order valence-corrected chi connectivity index (χ4v) is 3.94. The third kappa shape index (κ3) is 7.63. The molecule has 7 heteroatoms. The average Bonchev–Trinajstić information content (AvgIpc) is 2.95. The number of nitrogens with one attached hydrogen (secondary N) is 2. The fraction of sp³-hybridized carbons (Fsp3) is 0.200. The Labute approximate surface area is 216 Å². The lowest BCUT2D eigenvalue weighted by molar-refractivity contribution is -0.131. The second kappa shape index (κ2) is 13.2. The minimum Gasteiger partial charge on any atom is -0.379 e. The molecule has 3 aromatic carbocycles. The van der Waals surface area contributed by atoms with Crippen LogP contribution in [0.4, 0.5) is 0 Å². The van der Waals surface area contributed by atoms with E-state index in [2.05, 4.69) is 34.2 Å². The summed E-state index contributed by atoms with van der Waals surface area (Å²) in [5, 5.41) is 11.7. The van der Waals surface area contributed by atoms with Gasteiger partial charge in [0.15, 0.2) is 0 Å². The molecule has 1 atom stereocenters. The Morgan fingerprint density at radius 1 is 0.973 bits per heavy atom. The summed E-state index contributed by atoms with van der Waals surface area (Å²) in [7, 11) is 0. The van der Waals surface area contributed by atoms with E-state index in [1.165, 1.54) is 5.56 Å². The van der Waals surface area contributed by atoms with E-state index >= 15 is 0 Å². The standard InChI is InChI=1S/C30H29N3O4/c34-29(31-28(30(35)32-36)26-8-2-1-3-9-26)27-16-14-24(15-17-27)7-5-4-6-23-10-12-25(13-11-23)22-33-18-20-37-21-19-33/h1-3,5,7-17,28,36H,18-22H2,(H,31,34)(H,32,35)/t28-/m0/s1. The van der Waals surface area contributed by atoms with Crippen LogP contribution in [0.1, 0.15) is 38.7 Å². The number of morpholine rings is 1. The van der Waals surface area contributed by atoms with E-state index in [4.69, 9.17) is 9.94 Å². The van der Waals surface area contributed by atoms with Gasteiger partial charge in [0.2, 0.25) is 0 Å². The summed E-state index contributed by atoms with van der Waals surface area (Å²) in [6.07, 6.45) is 3.64. The molecule has 1 aliphatic heterocycles. The average molecular weight is 496 g/mol. The molecule has 3 aromatic rings. The van der Waals surface area contributed by atoms with Gasteiger partial charge in [-0.05, 0) is 53.1 Å². The molecule has 0 aliphatic carbocycles. The van der Waals surface area contributed by atoms with Crippen LogP contribution < -0.4 is 10.8 Å². The van der Waals surface area contributed by atoms with Crippen LogP contribution >= 0.6 is 0 Å². The molecule has 0 spiro atoms. The molecule has 3 N–H and O–H groups in total. The molecule has 0 unspecified atom stereocenters. The SMILES string of the molecule is O=C(N[C@H](C(=O)NO)c1ccccc1)c1ccc(C=CC#Cc2ccc(CN3CCOCC3)cc2)cc1. The zero-order chi connectivity index (χ0) is 25.9. The number of carbonyl (C=O) groups excluding carboxylic acids is 2. The van der Waals surface area contributed by atoms with Crippen molar-refractivity contribution in [3.63, 3.8) is 0 Å². The van der Waals surface area contributed by atoms with Crippen molar-refractivity contribution < 1.29 is 19.5 Å². The summed E-state index contributed by atoms with van der Waals surface area (Å²) in [5.74, 6) is 5.04. The minimum atomic E-state index is -1.01. The number of rotatable bonds is 7. The number of allylic oxidation sites excluding steroid dienone is 1. The van der Waals surface area contributed by atoms with Gasteiger partial charge in [0, 0.05) is 30.8 Å². The van der Waals surface area contributed by atoms with Gasteiger partial charge in [0.1, 0.15) is 6.04 Å². The van der Waals surface area contributed by atoms with Crippen molar-refractivity contribution >= 4 is 17.9 Å². The number of hydrogen-bond acceptors (Lipinski definition) is 5. The van der Waals surface area contributed by atoms with Gasteiger partial charge >= 0.3 is 0 Å². The number of nitrogens with zero attached hydrogens (tertiary/aromatic N) is 1. The van der Waals surface area contributed by atoms with Crippen molar-refractivity contribution in [3.8, 4) is 11.8 Å². The van der Waals surface area contributed by atoms with Gasteiger partial charge in [-0.1, -0.05) is 66.4 Å². The van der Waals surface area contributed by atoms with Crippen molar-refractivity contribution in [1.82, 2.24) is 15.7 Å². The largest absolute Gasteiger partial charge is 0.379 e. The molecule has 0 saturated carbocycles. The number of hydroxylamine groups is 1. The number of amides is 2. The maximum atomic E-state index is 12.7. The van der Waals surface area contributed by atoms with Crippen molar-refractivity contribution in [3.05, 3.63) is 113 Å². The van der Waals surface area contributed by atoms with Gasteiger partial charge in [-0.2, -0.15) is 0 Å². The number of carbonyl (C=O) groups is 2. The van der Waals surface area contributed by atoms with E-state index in [9.17, 15) is 9.59 Å². The first kappa shape index (κ1) is 25.9. The highest BCUT2D eigenvalue weighted by molar-refractivity contribution is 5.97. The van der Waals surface area contributed by atoms with Crippen LogP contribution in [0.3, 0.4) is 0 Å². The highest BCUT2D eigenvalue weighted by atomic mass is 16.5. The molecular formula is C30H29N3O4. The molecule has 1 aliphatic rings. The summed E-state index contributed by atoms with van der Waals surface area (Å²) in [6.45, 7) is 4.44. The molecule has 0 aromatic heterocycles. The Balaban J connectivity index is 1.32. The second-order valence-electron chi connectivity index (χ2n) is 8.60. The van der Waals surface area contributed by atoms with Crippen LogP contribution in [0.25, 0.3) is 6.08 Å². The van der Waals surface area contributed by atoms with E-state index in [0.717, 1.165) is 44.0 Å². The summed E-state index contributed by atoms with van der Waals surface area (Å²) in [6, 6.07) is 22.9. The van der Waals surface area contributed by atoms with E-state index < -0.39 is 17.9 Å². The monoisotopic (exact) mass is 495 g/mol. The molecular weight excluding hydrogens is 466 g/mol. The Morgan fingerprint density at radius 3 is 2.35 bits per heavy atom. The lowest BCUT2D eigenvalue weighted by atomic mass is 10.1. The van der Waals surface area contributed by atoms with Crippen LogP contribution in [-0.2, 0) is 16.1 Å². The van der Waals surface area contributed by atoms with Crippen molar-refractivity contribution in [2.75, 3.05) is 26.3 Å². The van der Waals surface area contributed by atoms with Gasteiger partial charge in [0.05, 0.1) is 13.2 Å². The first-order valence-electron chi connectivity index (χ1n) is 12.1. The molecule has 7 nitrogen and oxygen atoms in total.